The molecule has 1 N–H and O–H groups in total. The molecule has 9 heteroatoms. The highest BCUT2D eigenvalue weighted by Gasteiger charge is 2.18. The maximum Gasteiger partial charge on any atom is 0.182 e. The highest BCUT2D eigenvalue weighted by Crippen LogP contribution is 2.28. The second-order valence-electron chi connectivity index (χ2n) is 8.23. The number of fused-ring (bicyclic) bond motifs is 1. The molecule has 0 aliphatic rings. The van der Waals surface area contributed by atoms with Crippen LogP contribution in [0.5, 0.6) is 11.5 Å². The van der Waals surface area contributed by atoms with Crippen molar-refractivity contribution in [2.75, 3.05) is 19.5 Å². The van der Waals surface area contributed by atoms with Gasteiger partial charge >= 0.3 is 0 Å². The summed E-state index contributed by atoms with van der Waals surface area (Å²) in [6.45, 7) is 2.68. The lowest BCUT2D eigenvalue weighted by Crippen LogP contribution is -2.07. The fraction of sp³-hybridized carbons (Fsp3) is 0.185. The Balaban J connectivity index is 1.47. The molecule has 3 heterocycles. The fourth-order valence-corrected chi connectivity index (χ4v) is 3.98. The van der Waals surface area contributed by atoms with E-state index in [9.17, 15) is 4.39 Å². The van der Waals surface area contributed by atoms with Crippen molar-refractivity contribution in [3.8, 4) is 23.0 Å². The lowest BCUT2D eigenvalue weighted by Gasteiger charge is -2.13. The second-order valence-corrected chi connectivity index (χ2v) is 8.23. The van der Waals surface area contributed by atoms with Crippen LogP contribution in [-0.4, -0.2) is 39.0 Å². The maximum absolute atomic E-state index is 14.3. The van der Waals surface area contributed by atoms with E-state index in [1.54, 1.807) is 49.5 Å². The molecule has 0 bridgehead atoms. The van der Waals surface area contributed by atoms with Crippen LogP contribution in [0.2, 0.25) is 0 Å². The smallest absolute Gasteiger partial charge is 0.182 e. The predicted molar refractivity (Wildman–Crippen MR) is 136 cm³/mol. The summed E-state index contributed by atoms with van der Waals surface area (Å²) in [6.07, 6.45) is 3.45. The van der Waals surface area contributed by atoms with Crippen molar-refractivity contribution in [1.29, 1.82) is 0 Å². The quantitative estimate of drug-likeness (QED) is 0.331. The minimum absolute atomic E-state index is 0.244. The third-order valence-electron chi connectivity index (χ3n) is 5.91. The molecule has 0 fully saturated rings. The number of benzene rings is 2. The standard InChI is InChI=1S/C27H25FN6O2/c1-17-14-30-26(32-25(17)31-15-18-10-11-20(35-2)13-23(18)36-3)24-21-8-6-12-29-27(21)34(33-24)16-19-7-4-5-9-22(19)28/h4-14H,15-16H2,1-3H3,(H,30,31,32). The van der Waals surface area contributed by atoms with Gasteiger partial charge in [0.05, 0.1) is 26.2 Å². The van der Waals surface area contributed by atoms with E-state index in [2.05, 4.69) is 15.3 Å². The predicted octanol–water partition coefficient (Wildman–Crippen LogP) is 5.01. The Morgan fingerprint density at radius 3 is 2.64 bits per heavy atom. The summed E-state index contributed by atoms with van der Waals surface area (Å²) in [5.41, 5.74) is 3.60. The molecule has 0 atom stereocenters. The summed E-state index contributed by atoms with van der Waals surface area (Å²) >= 11 is 0. The number of ether oxygens (including phenoxy) is 2. The Labute approximate surface area is 207 Å². The van der Waals surface area contributed by atoms with Crippen LogP contribution in [0.1, 0.15) is 16.7 Å². The van der Waals surface area contributed by atoms with E-state index in [-0.39, 0.29) is 12.4 Å². The first-order valence-corrected chi connectivity index (χ1v) is 11.4. The lowest BCUT2D eigenvalue weighted by molar-refractivity contribution is 0.391. The van der Waals surface area contributed by atoms with Gasteiger partial charge in [0.25, 0.3) is 0 Å². The van der Waals surface area contributed by atoms with Crippen molar-refractivity contribution in [3.63, 3.8) is 0 Å². The summed E-state index contributed by atoms with van der Waals surface area (Å²) in [4.78, 5) is 13.8. The topological polar surface area (TPSA) is 87.0 Å². The molecule has 0 saturated carbocycles. The molecule has 5 aromatic rings. The Hall–Kier alpha value is -4.53. The van der Waals surface area contributed by atoms with Gasteiger partial charge in [-0.2, -0.15) is 5.10 Å². The number of aryl methyl sites for hydroxylation is 1. The van der Waals surface area contributed by atoms with E-state index < -0.39 is 0 Å². The van der Waals surface area contributed by atoms with Gasteiger partial charge in [-0.3, -0.25) is 0 Å². The van der Waals surface area contributed by atoms with Crippen molar-refractivity contribution >= 4 is 16.9 Å². The van der Waals surface area contributed by atoms with Crippen LogP contribution >= 0.6 is 0 Å². The highest BCUT2D eigenvalue weighted by molar-refractivity contribution is 5.89. The monoisotopic (exact) mass is 484 g/mol. The Morgan fingerprint density at radius 2 is 1.83 bits per heavy atom. The third kappa shape index (κ3) is 4.55. The van der Waals surface area contributed by atoms with E-state index in [0.29, 0.717) is 35.1 Å². The molecule has 2 aromatic carbocycles. The number of halogens is 1. The Kier molecular flexibility index (Phi) is 6.44. The third-order valence-corrected chi connectivity index (χ3v) is 5.91. The zero-order valence-corrected chi connectivity index (χ0v) is 20.2. The lowest BCUT2D eigenvalue weighted by atomic mass is 10.2. The molecule has 182 valence electrons. The summed E-state index contributed by atoms with van der Waals surface area (Å²) in [7, 11) is 3.25. The normalized spacial score (nSPS) is 11.0. The van der Waals surface area contributed by atoms with Gasteiger partial charge in [-0.05, 0) is 37.3 Å². The SMILES string of the molecule is COc1ccc(CNc2nc(-c3nn(Cc4ccccc4F)c4ncccc34)ncc2C)c(OC)c1. The van der Waals surface area contributed by atoms with Crippen LogP contribution in [0.15, 0.2) is 67.0 Å². The molecule has 0 aliphatic carbocycles. The van der Waals surface area contributed by atoms with Crippen molar-refractivity contribution < 1.29 is 13.9 Å². The molecule has 0 aliphatic heterocycles. The van der Waals surface area contributed by atoms with E-state index in [0.717, 1.165) is 28.0 Å². The van der Waals surface area contributed by atoms with Crippen molar-refractivity contribution in [2.45, 2.75) is 20.0 Å². The van der Waals surface area contributed by atoms with Crippen LogP contribution in [0.25, 0.3) is 22.6 Å². The van der Waals surface area contributed by atoms with Gasteiger partial charge in [-0.1, -0.05) is 18.2 Å². The van der Waals surface area contributed by atoms with Gasteiger partial charge in [-0.25, -0.2) is 24.0 Å². The highest BCUT2D eigenvalue weighted by atomic mass is 19.1. The Morgan fingerprint density at radius 1 is 0.972 bits per heavy atom. The first-order valence-electron chi connectivity index (χ1n) is 11.4. The molecule has 8 nitrogen and oxygen atoms in total. The molecule has 0 saturated heterocycles. The van der Waals surface area contributed by atoms with E-state index in [1.165, 1.54) is 6.07 Å². The van der Waals surface area contributed by atoms with Crippen LogP contribution < -0.4 is 14.8 Å². The minimum atomic E-state index is -0.286. The number of aromatic nitrogens is 5. The number of nitrogens with zero attached hydrogens (tertiary/aromatic N) is 5. The van der Waals surface area contributed by atoms with Crippen LogP contribution in [0.4, 0.5) is 10.2 Å². The van der Waals surface area contributed by atoms with Crippen molar-refractivity contribution in [2.24, 2.45) is 0 Å². The molecule has 0 amide bonds. The van der Waals surface area contributed by atoms with Crippen molar-refractivity contribution in [1.82, 2.24) is 24.7 Å². The summed E-state index contributed by atoms with van der Waals surface area (Å²) < 4.78 is 26.8. The van der Waals surface area contributed by atoms with Crippen molar-refractivity contribution in [3.05, 3.63) is 89.5 Å². The van der Waals surface area contributed by atoms with Gasteiger partial charge in [-0.15, -0.1) is 0 Å². The molecule has 3 aromatic heterocycles. The second kappa shape index (κ2) is 9.99. The van der Waals surface area contributed by atoms with Gasteiger partial charge in [0.15, 0.2) is 11.5 Å². The van der Waals surface area contributed by atoms with Gasteiger partial charge < -0.3 is 14.8 Å². The first-order chi connectivity index (χ1) is 17.6. The average Bonchev–Trinajstić information content (AvgIpc) is 3.28. The fourth-order valence-electron chi connectivity index (χ4n) is 3.98. The molecular formula is C27H25FN6O2. The summed E-state index contributed by atoms with van der Waals surface area (Å²) in [5, 5.41) is 8.91. The van der Waals surface area contributed by atoms with E-state index in [1.807, 2.05) is 37.3 Å². The molecule has 5 rings (SSSR count). The zero-order chi connectivity index (χ0) is 25.1. The number of hydrogen-bond donors (Lipinski definition) is 1. The molecule has 0 radical (unpaired) electrons. The van der Waals surface area contributed by atoms with Gasteiger partial charge in [0.2, 0.25) is 0 Å². The van der Waals surface area contributed by atoms with E-state index in [4.69, 9.17) is 19.6 Å². The van der Waals surface area contributed by atoms with Crippen LogP contribution in [-0.2, 0) is 13.1 Å². The number of rotatable bonds is 8. The van der Waals surface area contributed by atoms with E-state index >= 15 is 0 Å². The molecule has 0 unspecified atom stereocenters. The largest absolute Gasteiger partial charge is 0.497 e. The molecular weight excluding hydrogens is 459 g/mol. The molecule has 36 heavy (non-hydrogen) atoms. The Bertz CT molecular complexity index is 1530. The number of anilines is 1. The number of pyridine rings is 1. The first kappa shape index (κ1) is 23.2. The van der Waals surface area contributed by atoms with Gasteiger partial charge in [0, 0.05) is 41.7 Å². The van der Waals surface area contributed by atoms with Crippen LogP contribution in [0, 0.1) is 12.7 Å². The van der Waals surface area contributed by atoms with Crippen LogP contribution in [0.3, 0.4) is 0 Å². The molecule has 0 spiro atoms. The summed E-state index contributed by atoms with van der Waals surface area (Å²) in [5.74, 6) is 2.29. The number of hydrogen-bond acceptors (Lipinski definition) is 7. The zero-order valence-electron chi connectivity index (χ0n) is 20.2. The van der Waals surface area contributed by atoms with Gasteiger partial charge in [0.1, 0.15) is 28.8 Å². The maximum atomic E-state index is 14.3. The summed E-state index contributed by atoms with van der Waals surface area (Å²) in [6, 6.07) is 16.1. The average molecular weight is 485 g/mol. The number of nitrogens with one attached hydrogen (secondary N) is 1. The minimum Gasteiger partial charge on any atom is -0.497 e. The number of methoxy groups -OCH3 is 2.